The molecular weight excluding hydrogens is 373 g/mol. The van der Waals surface area contributed by atoms with Crippen LogP contribution in [-0.4, -0.2) is 30.3 Å². The van der Waals surface area contributed by atoms with Crippen molar-refractivity contribution in [2.24, 2.45) is 10.7 Å². The minimum Gasteiger partial charge on any atom is -0.459 e. The van der Waals surface area contributed by atoms with Crippen LogP contribution in [0, 0.1) is 5.82 Å². The van der Waals surface area contributed by atoms with Gasteiger partial charge in [0, 0.05) is 36.2 Å². The van der Waals surface area contributed by atoms with Crippen LogP contribution in [-0.2, 0) is 16.7 Å². The van der Waals surface area contributed by atoms with Gasteiger partial charge in [-0.25, -0.2) is 9.38 Å². The van der Waals surface area contributed by atoms with Crippen LogP contribution >= 0.6 is 0 Å². The lowest BCUT2D eigenvalue weighted by Crippen LogP contribution is -2.51. The van der Waals surface area contributed by atoms with Crippen molar-refractivity contribution in [1.29, 1.82) is 0 Å². The Morgan fingerprint density at radius 1 is 1.29 bits per heavy atom. The predicted molar refractivity (Wildman–Crippen MR) is 96.9 cm³/mol. The molecule has 0 spiro atoms. The first-order valence-electron chi connectivity index (χ1n) is 9.14. The Labute approximate surface area is 159 Å². The summed E-state index contributed by atoms with van der Waals surface area (Å²) < 4.78 is 53.3. The first kappa shape index (κ1) is 18.6. The molecule has 1 saturated carbocycles. The molecule has 0 radical (unpaired) electrons. The average Bonchev–Trinajstić information content (AvgIpc) is 3.39. The second-order valence-corrected chi connectivity index (χ2v) is 7.38. The number of nitrogens with zero attached hydrogens (tertiary/aromatic N) is 2. The van der Waals surface area contributed by atoms with Gasteiger partial charge in [-0.3, -0.25) is 0 Å². The lowest BCUT2D eigenvalue weighted by atomic mass is 9.85. The van der Waals surface area contributed by atoms with E-state index >= 15 is 0 Å². The summed E-state index contributed by atoms with van der Waals surface area (Å²) in [5.41, 5.74) is 4.39. The predicted octanol–water partition coefficient (Wildman–Crippen LogP) is 3.54. The smallest absolute Gasteiger partial charge is 0.310 e. The molecule has 6 nitrogen and oxygen atoms in total. The summed E-state index contributed by atoms with van der Waals surface area (Å²) in [7, 11) is 0. The van der Waals surface area contributed by atoms with Gasteiger partial charge >= 0.3 is 5.92 Å². The highest BCUT2D eigenvalue weighted by Gasteiger charge is 2.56. The molecule has 1 aliphatic heterocycles. The average molecular weight is 394 g/mol. The molecule has 0 saturated heterocycles. The van der Waals surface area contributed by atoms with Crippen molar-refractivity contribution in [3.8, 4) is 0 Å². The number of rotatable bonds is 6. The van der Waals surface area contributed by atoms with Crippen LogP contribution in [0.5, 0.6) is 0 Å². The molecule has 0 amide bonds. The number of amidine groups is 1. The van der Waals surface area contributed by atoms with Crippen LogP contribution in [0.3, 0.4) is 0 Å². The Morgan fingerprint density at radius 2 is 2.07 bits per heavy atom. The summed E-state index contributed by atoms with van der Waals surface area (Å²) in [6.45, 7) is 0.689. The Hall–Kier alpha value is -2.71. The molecule has 2 aliphatic rings. The molecule has 150 valence electrons. The normalized spacial score (nSPS) is 23.8. The van der Waals surface area contributed by atoms with E-state index in [9.17, 15) is 13.2 Å². The quantitative estimate of drug-likeness (QED) is 0.783. The van der Waals surface area contributed by atoms with E-state index in [1.54, 1.807) is 0 Å². The van der Waals surface area contributed by atoms with Crippen molar-refractivity contribution in [3.63, 3.8) is 0 Å². The molecule has 1 aliphatic carbocycles. The summed E-state index contributed by atoms with van der Waals surface area (Å²) >= 11 is 0. The number of hydrogen-bond acceptors (Lipinski definition) is 6. The van der Waals surface area contributed by atoms with E-state index in [0.29, 0.717) is 24.6 Å². The van der Waals surface area contributed by atoms with Crippen LogP contribution in [0.1, 0.15) is 42.7 Å². The molecule has 2 aromatic rings. The van der Waals surface area contributed by atoms with Crippen molar-refractivity contribution >= 4 is 11.7 Å². The molecule has 28 heavy (non-hydrogen) atoms. The first-order valence-corrected chi connectivity index (χ1v) is 9.14. The van der Waals surface area contributed by atoms with E-state index in [1.165, 1.54) is 12.1 Å². The number of aliphatic imine (C=N–C) groups is 1. The fourth-order valence-electron chi connectivity index (χ4n) is 3.25. The van der Waals surface area contributed by atoms with Gasteiger partial charge in [0.15, 0.2) is 12.1 Å². The number of anilines is 1. The number of nitrogens with two attached hydrogens (primary N) is 1. The number of alkyl halides is 2. The molecule has 4 rings (SSSR count). The third kappa shape index (κ3) is 3.41. The summed E-state index contributed by atoms with van der Waals surface area (Å²) in [6, 6.07) is 5.52. The van der Waals surface area contributed by atoms with Gasteiger partial charge in [-0.2, -0.15) is 8.78 Å². The standard InChI is InChI=1S/C19H21F3N4O2/c1-18(19(21,22)10-27-17(23)25-18)14-8-12(4-5-15(14)20)24-7-6-13-9-16(28-26-13)11-2-3-11/h4-5,8-9,11,24H,2-3,6-7,10H2,1H3,(H2,23,25)/t18-/m1/s1. The largest absolute Gasteiger partial charge is 0.459 e. The van der Waals surface area contributed by atoms with Crippen molar-refractivity contribution < 1.29 is 22.4 Å². The van der Waals surface area contributed by atoms with Gasteiger partial charge in [-0.15, -0.1) is 0 Å². The van der Waals surface area contributed by atoms with Gasteiger partial charge < -0.3 is 20.3 Å². The number of benzene rings is 1. The molecule has 1 fully saturated rings. The van der Waals surface area contributed by atoms with Crippen molar-refractivity contribution in [3.05, 3.63) is 47.1 Å². The highest BCUT2D eigenvalue weighted by molar-refractivity contribution is 5.73. The van der Waals surface area contributed by atoms with E-state index in [2.05, 4.69) is 20.2 Å². The fraction of sp³-hybridized carbons (Fsp3) is 0.474. The molecule has 2 heterocycles. The van der Waals surface area contributed by atoms with Crippen LogP contribution in [0.2, 0.25) is 0 Å². The van der Waals surface area contributed by atoms with E-state index < -0.39 is 23.9 Å². The van der Waals surface area contributed by atoms with Gasteiger partial charge in [-0.05, 0) is 38.0 Å². The second kappa shape index (κ2) is 6.72. The van der Waals surface area contributed by atoms with Gasteiger partial charge in [0.2, 0.25) is 0 Å². The van der Waals surface area contributed by atoms with Crippen LogP contribution < -0.4 is 11.1 Å². The van der Waals surface area contributed by atoms with Gasteiger partial charge in [-0.1, -0.05) is 5.16 Å². The van der Waals surface area contributed by atoms with Crippen molar-refractivity contribution in [2.75, 3.05) is 18.5 Å². The Morgan fingerprint density at radius 3 is 2.82 bits per heavy atom. The van der Waals surface area contributed by atoms with Gasteiger partial charge in [0.25, 0.3) is 6.02 Å². The van der Waals surface area contributed by atoms with Gasteiger partial charge in [0.05, 0.1) is 5.69 Å². The molecule has 1 aromatic carbocycles. The van der Waals surface area contributed by atoms with E-state index in [4.69, 9.17) is 10.3 Å². The maximum absolute atomic E-state index is 14.5. The second-order valence-electron chi connectivity index (χ2n) is 7.38. The zero-order chi connectivity index (χ0) is 19.9. The molecule has 0 bridgehead atoms. The number of nitrogens with one attached hydrogen (secondary N) is 1. The minimum atomic E-state index is -3.41. The lowest BCUT2D eigenvalue weighted by molar-refractivity contribution is -0.117. The molecule has 1 atom stereocenters. The van der Waals surface area contributed by atoms with Crippen molar-refractivity contribution in [2.45, 2.75) is 43.6 Å². The first-order chi connectivity index (χ1) is 13.3. The van der Waals surface area contributed by atoms with Crippen LogP contribution in [0.25, 0.3) is 0 Å². The molecule has 1 aromatic heterocycles. The molecule has 9 heteroatoms. The molecular formula is C19H21F3N4O2. The highest BCUT2D eigenvalue weighted by atomic mass is 19.3. The third-order valence-electron chi connectivity index (χ3n) is 5.21. The SMILES string of the molecule is C[C@]1(c2cc(NCCc3cc(C4CC4)on3)ccc2F)N=C(N)OCC1(F)F. The zero-order valence-corrected chi connectivity index (χ0v) is 15.3. The summed E-state index contributed by atoms with van der Waals surface area (Å²) in [5, 5.41) is 7.14. The Bertz CT molecular complexity index is 910. The van der Waals surface area contributed by atoms with E-state index in [1.807, 2.05) is 6.07 Å². The molecule has 3 N–H and O–H groups in total. The lowest BCUT2D eigenvalue weighted by Gasteiger charge is -2.37. The topological polar surface area (TPSA) is 85.7 Å². The summed E-state index contributed by atoms with van der Waals surface area (Å²) in [5.74, 6) is -2.79. The third-order valence-corrected chi connectivity index (χ3v) is 5.21. The number of hydrogen-bond donors (Lipinski definition) is 2. The molecule has 0 unspecified atom stereocenters. The summed E-state index contributed by atoms with van der Waals surface area (Å²) in [4.78, 5) is 3.72. The van der Waals surface area contributed by atoms with E-state index in [-0.39, 0.29) is 11.6 Å². The van der Waals surface area contributed by atoms with Crippen LogP contribution in [0.15, 0.2) is 33.8 Å². The van der Waals surface area contributed by atoms with E-state index in [0.717, 1.165) is 37.3 Å². The Balaban J connectivity index is 1.49. The maximum Gasteiger partial charge on any atom is 0.310 e. The van der Waals surface area contributed by atoms with Crippen LogP contribution in [0.4, 0.5) is 18.9 Å². The number of ether oxygens (including phenoxy) is 1. The maximum atomic E-state index is 14.5. The highest BCUT2D eigenvalue weighted by Crippen LogP contribution is 2.45. The number of halogens is 3. The van der Waals surface area contributed by atoms with Crippen molar-refractivity contribution in [1.82, 2.24) is 5.16 Å². The monoisotopic (exact) mass is 394 g/mol. The zero-order valence-electron chi connectivity index (χ0n) is 15.3. The fourth-order valence-corrected chi connectivity index (χ4v) is 3.25. The number of aromatic nitrogens is 1. The Kier molecular flexibility index (Phi) is 4.47. The summed E-state index contributed by atoms with van der Waals surface area (Å²) in [6.07, 6.45) is 2.86. The van der Waals surface area contributed by atoms with Gasteiger partial charge in [0.1, 0.15) is 11.6 Å². The minimum absolute atomic E-state index is 0.244.